The zero-order chi connectivity index (χ0) is 13.9. The molecule has 0 N–H and O–H groups in total. The van der Waals surface area contributed by atoms with Crippen LogP contribution in [0.4, 0.5) is 0 Å². The first-order valence-electron chi connectivity index (χ1n) is 7.37. The van der Waals surface area contributed by atoms with Crippen molar-refractivity contribution in [2.75, 3.05) is 0 Å². The summed E-state index contributed by atoms with van der Waals surface area (Å²) < 4.78 is 2.43. The maximum atomic E-state index is 6.14. The van der Waals surface area contributed by atoms with Crippen molar-refractivity contribution in [3.05, 3.63) is 28.0 Å². The van der Waals surface area contributed by atoms with E-state index in [1.807, 2.05) is 6.07 Å². The Morgan fingerprint density at radius 1 is 1.25 bits per heavy atom. The van der Waals surface area contributed by atoms with Crippen molar-refractivity contribution >= 4 is 24.6 Å². The van der Waals surface area contributed by atoms with Crippen molar-refractivity contribution in [3.63, 3.8) is 0 Å². The quantitative estimate of drug-likeness (QED) is 0.808. The molecule has 5 heteroatoms. The molecular weight excluding hydrogens is 265 g/mol. The smallest absolute Gasteiger partial charge is 0.144 e. The molecule has 20 heavy (non-hydrogen) atoms. The van der Waals surface area contributed by atoms with E-state index < -0.39 is 0 Å². The molecule has 3 nitrogen and oxygen atoms in total. The summed E-state index contributed by atoms with van der Waals surface area (Å²) in [4.78, 5) is 1.20. The van der Waals surface area contributed by atoms with Crippen LogP contribution in [0.15, 0.2) is 11.4 Å². The third kappa shape index (κ3) is 1.86. The molecule has 0 atom stereocenters. The van der Waals surface area contributed by atoms with Gasteiger partial charge in [0.15, 0.2) is 0 Å². The monoisotopic (exact) mass is 283 g/mol. The van der Waals surface area contributed by atoms with Gasteiger partial charge in [0.25, 0.3) is 0 Å². The summed E-state index contributed by atoms with van der Waals surface area (Å²) >= 11 is 1.72. The summed E-state index contributed by atoms with van der Waals surface area (Å²) in [6.07, 6.45) is 5.07. The lowest BCUT2D eigenvalue weighted by atomic mass is 9.82. The Bertz CT molecular complexity index is 650. The minimum absolute atomic E-state index is 0.166. The highest BCUT2D eigenvalue weighted by Crippen LogP contribution is 2.47. The molecule has 2 aliphatic rings. The molecule has 0 saturated heterocycles. The Morgan fingerprint density at radius 2 is 2.00 bits per heavy atom. The fraction of sp³-hybridized carbons (Fsp3) is 0.600. The van der Waals surface area contributed by atoms with Crippen LogP contribution in [-0.2, 0) is 5.41 Å². The standard InChI is InChI=1S/C15H18BN3S/c1-15(2,12-11(16)7-8-20-12)14-18-17-13(9-3-4-9)19(14)10-5-6-10/h7-10H,3-6H2,1-2H3. The van der Waals surface area contributed by atoms with Crippen LogP contribution < -0.4 is 5.46 Å². The van der Waals surface area contributed by atoms with Gasteiger partial charge in [-0.25, -0.2) is 0 Å². The molecule has 2 heterocycles. The Kier molecular flexibility index (Phi) is 2.65. The van der Waals surface area contributed by atoms with Gasteiger partial charge in [0.2, 0.25) is 0 Å². The number of thiophene rings is 1. The minimum atomic E-state index is -0.166. The lowest BCUT2D eigenvalue weighted by Gasteiger charge is -2.25. The summed E-state index contributed by atoms with van der Waals surface area (Å²) in [7, 11) is 6.14. The molecule has 0 amide bonds. The normalized spacial score (nSPS) is 19.5. The van der Waals surface area contributed by atoms with Gasteiger partial charge in [-0.3, -0.25) is 0 Å². The average Bonchev–Trinajstić information content (AvgIpc) is 3.34. The third-order valence-electron chi connectivity index (χ3n) is 4.40. The molecule has 0 spiro atoms. The Balaban J connectivity index is 1.83. The van der Waals surface area contributed by atoms with E-state index in [1.165, 1.54) is 36.4 Å². The van der Waals surface area contributed by atoms with Crippen LogP contribution >= 0.6 is 11.3 Å². The van der Waals surface area contributed by atoms with Crippen LogP contribution in [0.2, 0.25) is 0 Å². The first kappa shape index (κ1) is 12.6. The molecule has 2 saturated carbocycles. The summed E-state index contributed by atoms with van der Waals surface area (Å²) in [6.45, 7) is 4.43. The van der Waals surface area contributed by atoms with Crippen molar-refractivity contribution in [1.82, 2.24) is 14.8 Å². The predicted octanol–water partition coefficient (Wildman–Crippen LogP) is 2.67. The van der Waals surface area contributed by atoms with Crippen LogP contribution in [0.25, 0.3) is 0 Å². The third-order valence-corrected chi connectivity index (χ3v) is 5.65. The van der Waals surface area contributed by atoms with Gasteiger partial charge in [0, 0.05) is 16.8 Å². The van der Waals surface area contributed by atoms with Gasteiger partial charge in [-0.05, 0) is 44.9 Å². The zero-order valence-corrected chi connectivity index (χ0v) is 12.8. The summed E-state index contributed by atoms with van der Waals surface area (Å²) in [5.41, 5.74) is 0.708. The zero-order valence-electron chi connectivity index (χ0n) is 12.0. The topological polar surface area (TPSA) is 30.7 Å². The SMILES string of the molecule is [B]c1ccsc1C(C)(C)c1nnc(C2CC2)n1C1CC1. The Labute approximate surface area is 124 Å². The van der Waals surface area contributed by atoms with E-state index >= 15 is 0 Å². The maximum Gasteiger partial charge on any atom is 0.144 e. The van der Waals surface area contributed by atoms with E-state index in [4.69, 9.17) is 7.85 Å². The fourth-order valence-corrected chi connectivity index (χ4v) is 3.91. The van der Waals surface area contributed by atoms with Gasteiger partial charge >= 0.3 is 0 Å². The molecule has 2 aliphatic carbocycles. The molecular formula is C15H18BN3S. The molecule has 2 fully saturated rings. The fourth-order valence-electron chi connectivity index (χ4n) is 2.97. The van der Waals surface area contributed by atoms with Gasteiger partial charge in [-0.2, -0.15) is 0 Å². The molecule has 2 radical (unpaired) electrons. The van der Waals surface area contributed by atoms with E-state index in [0.29, 0.717) is 12.0 Å². The second-order valence-electron chi connectivity index (χ2n) is 6.59. The maximum absolute atomic E-state index is 6.14. The van der Waals surface area contributed by atoms with Gasteiger partial charge in [0.05, 0.1) is 5.41 Å². The van der Waals surface area contributed by atoms with Crippen LogP contribution in [0.1, 0.15) is 68.0 Å². The van der Waals surface area contributed by atoms with Crippen molar-refractivity contribution in [3.8, 4) is 0 Å². The Morgan fingerprint density at radius 3 is 2.55 bits per heavy atom. The molecule has 102 valence electrons. The van der Waals surface area contributed by atoms with Gasteiger partial charge in [-0.15, -0.1) is 21.5 Å². The van der Waals surface area contributed by atoms with Crippen molar-refractivity contribution < 1.29 is 0 Å². The highest BCUT2D eigenvalue weighted by molar-refractivity contribution is 7.11. The van der Waals surface area contributed by atoms with E-state index in [-0.39, 0.29) is 5.41 Å². The molecule has 4 rings (SSSR count). The van der Waals surface area contributed by atoms with Crippen molar-refractivity contribution in [1.29, 1.82) is 0 Å². The van der Waals surface area contributed by atoms with Gasteiger partial charge < -0.3 is 4.57 Å². The molecule has 2 aromatic heterocycles. The highest BCUT2D eigenvalue weighted by Gasteiger charge is 2.41. The summed E-state index contributed by atoms with van der Waals surface area (Å²) in [6, 6.07) is 2.61. The van der Waals surface area contributed by atoms with E-state index in [1.54, 1.807) is 11.3 Å². The first-order valence-corrected chi connectivity index (χ1v) is 8.25. The second-order valence-corrected chi connectivity index (χ2v) is 7.50. The van der Waals surface area contributed by atoms with Crippen LogP contribution in [0.3, 0.4) is 0 Å². The number of nitrogens with zero attached hydrogens (tertiary/aromatic N) is 3. The molecule has 0 aromatic carbocycles. The largest absolute Gasteiger partial charge is 0.311 e. The van der Waals surface area contributed by atoms with Crippen LogP contribution in [-0.4, -0.2) is 22.6 Å². The van der Waals surface area contributed by atoms with E-state index in [0.717, 1.165) is 11.3 Å². The van der Waals surface area contributed by atoms with Gasteiger partial charge in [-0.1, -0.05) is 11.5 Å². The molecule has 2 aromatic rings. The van der Waals surface area contributed by atoms with E-state index in [9.17, 15) is 0 Å². The number of aromatic nitrogens is 3. The molecule has 0 aliphatic heterocycles. The predicted molar refractivity (Wildman–Crippen MR) is 82.1 cm³/mol. The first-order chi connectivity index (χ1) is 9.59. The number of hydrogen-bond donors (Lipinski definition) is 0. The van der Waals surface area contributed by atoms with Crippen molar-refractivity contribution in [2.45, 2.75) is 56.9 Å². The number of rotatable bonds is 4. The Hall–Kier alpha value is -1.10. The van der Waals surface area contributed by atoms with Crippen LogP contribution in [0, 0.1) is 0 Å². The number of hydrogen-bond acceptors (Lipinski definition) is 3. The summed E-state index contributed by atoms with van der Waals surface area (Å²) in [5, 5.41) is 11.2. The van der Waals surface area contributed by atoms with Crippen molar-refractivity contribution in [2.24, 2.45) is 0 Å². The van der Waals surface area contributed by atoms with Gasteiger partial charge in [0.1, 0.15) is 19.5 Å². The molecule has 0 unspecified atom stereocenters. The summed E-state index contributed by atoms with van der Waals surface area (Å²) in [5.74, 6) is 2.95. The molecule has 0 bridgehead atoms. The second kappa shape index (κ2) is 4.20. The lowest BCUT2D eigenvalue weighted by molar-refractivity contribution is 0.535. The average molecular weight is 283 g/mol. The van der Waals surface area contributed by atoms with Crippen LogP contribution in [0.5, 0.6) is 0 Å². The minimum Gasteiger partial charge on any atom is -0.311 e. The lowest BCUT2D eigenvalue weighted by Crippen LogP contribution is -2.28. The van der Waals surface area contributed by atoms with E-state index in [2.05, 4.69) is 34.0 Å². The highest BCUT2D eigenvalue weighted by atomic mass is 32.1.